The molecule has 0 spiro atoms. The molecule has 3 fully saturated rings. The second kappa shape index (κ2) is 4.58. The van der Waals surface area contributed by atoms with Gasteiger partial charge in [-0.1, -0.05) is 0 Å². The highest BCUT2D eigenvalue weighted by atomic mass is 32.2. The summed E-state index contributed by atoms with van der Waals surface area (Å²) in [5.74, 6) is 0. The Morgan fingerprint density at radius 3 is 2.40 bits per heavy atom. The van der Waals surface area contributed by atoms with E-state index in [0.29, 0.717) is 17.0 Å². The minimum atomic E-state index is -3.33. The van der Waals surface area contributed by atoms with Crippen molar-refractivity contribution in [1.82, 2.24) is 14.6 Å². The van der Waals surface area contributed by atoms with Gasteiger partial charge in [-0.2, -0.15) is 0 Å². The molecular formula is C14H21N3O2S. The standard InChI is InChI=1S/C14H21N3O2S/c18-20(19,16-11-3-4-11)14-7-13(8-15-10-1-2-10)17(9-14)12-5-6-12/h7,9-12,15-16H,1-6,8H2. The molecule has 5 nitrogen and oxygen atoms in total. The molecule has 1 aromatic rings. The van der Waals surface area contributed by atoms with E-state index in [1.165, 1.54) is 25.7 Å². The monoisotopic (exact) mass is 295 g/mol. The van der Waals surface area contributed by atoms with Gasteiger partial charge >= 0.3 is 0 Å². The van der Waals surface area contributed by atoms with Crippen LogP contribution < -0.4 is 10.0 Å². The Morgan fingerprint density at radius 1 is 1.10 bits per heavy atom. The summed E-state index contributed by atoms with van der Waals surface area (Å²) in [6.07, 6.45) is 8.60. The molecule has 0 amide bonds. The molecule has 0 bridgehead atoms. The van der Waals surface area contributed by atoms with Crippen molar-refractivity contribution in [3.05, 3.63) is 18.0 Å². The Morgan fingerprint density at radius 2 is 1.80 bits per heavy atom. The van der Waals surface area contributed by atoms with E-state index in [9.17, 15) is 8.42 Å². The van der Waals surface area contributed by atoms with Gasteiger partial charge in [-0.15, -0.1) is 0 Å². The van der Waals surface area contributed by atoms with Gasteiger partial charge in [0.25, 0.3) is 0 Å². The summed E-state index contributed by atoms with van der Waals surface area (Å²) in [7, 11) is -3.33. The van der Waals surface area contributed by atoms with E-state index >= 15 is 0 Å². The van der Waals surface area contributed by atoms with E-state index in [4.69, 9.17) is 0 Å². The highest BCUT2D eigenvalue weighted by Crippen LogP contribution is 2.37. The van der Waals surface area contributed by atoms with Crippen LogP contribution in [0.3, 0.4) is 0 Å². The van der Waals surface area contributed by atoms with Gasteiger partial charge < -0.3 is 9.88 Å². The van der Waals surface area contributed by atoms with Gasteiger partial charge in [0.05, 0.1) is 4.90 Å². The highest BCUT2D eigenvalue weighted by Gasteiger charge is 2.32. The van der Waals surface area contributed by atoms with Crippen LogP contribution in [0.5, 0.6) is 0 Å². The molecule has 4 rings (SSSR count). The van der Waals surface area contributed by atoms with Crippen LogP contribution in [0, 0.1) is 0 Å². The number of rotatable bonds is 7. The highest BCUT2D eigenvalue weighted by molar-refractivity contribution is 7.89. The molecule has 1 aromatic heterocycles. The van der Waals surface area contributed by atoms with Crippen LogP contribution in [0.4, 0.5) is 0 Å². The molecule has 0 atom stereocenters. The summed E-state index contributed by atoms with van der Waals surface area (Å²) >= 11 is 0. The number of hydrogen-bond acceptors (Lipinski definition) is 3. The molecule has 0 aromatic carbocycles. The van der Waals surface area contributed by atoms with Crippen molar-refractivity contribution in [2.24, 2.45) is 0 Å². The van der Waals surface area contributed by atoms with Gasteiger partial charge in [0, 0.05) is 36.6 Å². The van der Waals surface area contributed by atoms with Crippen LogP contribution in [-0.2, 0) is 16.6 Å². The van der Waals surface area contributed by atoms with Crippen LogP contribution in [0.2, 0.25) is 0 Å². The molecule has 3 aliphatic rings. The summed E-state index contributed by atoms with van der Waals surface area (Å²) in [6.45, 7) is 0.778. The molecule has 2 N–H and O–H groups in total. The van der Waals surface area contributed by atoms with Gasteiger partial charge in [0.15, 0.2) is 0 Å². The Labute approximate surface area is 119 Å². The fourth-order valence-electron chi connectivity index (χ4n) is 2.50. The molecule has 0 aliphatic heterocycles. The van der Waals surface area contributed by atoms with Crippen molar-refractivity contribution < 1.29 is 8.42 Å². The Hall–Kier alpha value is -0.850. The average molecular weight is 295 g/mol. The summed E-state index contributed by atoms with van der Waals surface area (Å²) in [5, 5.41) is 3.48. The normalized spacial score (nSPS) is 23.2. The minimum Gasteiger partial charge on any atom is -0.346 e. The maximum Gasteiger partial charge on any atom is 0.242 e. The predicted molar refractivity (Wildman–Crippen MR) is 75.9 cm³/mol. The van der Waals surface area contributed by atoms with Crippen molar-refractivity contribution in [2.45, 2.75) is 68.1 Å². The third kappa shape index (κ3) is 2.77. The minimum absolute atomic E-state index is 0.164. The lowest BCUT2D eigenvalue weighted by Gasteiger charge is -2.07. The summed E-state index contributed by atoms with van der Waals surface area (Å²) in [4.78, 5) is 0.434. The first kappa shape index (κ1) is 12.9. The second-order valence-corrected chi connectivity index (χ2v) is 8.07. The van der Waals surface area contributed by atoms with Gasteiger partial charge in [0.1, 0.15) is 0 Å². The smallest absolute Gasteiger partial charge is 0.242 e. The Kier molecular flexibility index (Phi) is 2.94. The van der Waals surface area contributed by atoms with Gasteiger partial charge in [-0.3, -0.25) is 0 Å². The van der Waals surface area contributed by atoms with Crippen molar-refractivity contribution in [3.63, 3.8) is 0 Å². The van der Waals surface area contributed by atoms with Crippen LogP contribution >= 0.6 is 0 Å². The molecule has 6 heteroatoms. The molecule has 3 saturated carbocycles. The zero-order valence-corrected chi connectivity index (χ0v) is 12.3. The maximum atomic E-state index is 12.3. The number of sulfonamides is 1. The average Bonchev–Trinajstić information content (AvgIpc) is 3.22. The van der Waals surface area contributed by atoms with E-state index in [1.807, 2.05) is 12.3 Å². The first-order chi connectivity index (χ1) is 9.62. The third-order valence-electron chi connectivity index (χ3n) is 4.21. The van der Waals surface area contributed by atoms with E-state index in [-0.39, 0.29) is 6.04 Å². The van der Waals surface area contributed by atoms with Crippen molar-refractivity contribution in [2.75, 3.05) is 0 Å². The van der Waals surface area contributed by atoms with Crippen LogP contribution in [-0.4, -0.2) is 25.1 Å². The SMILES string of the molecule is O=S(=O)(NC1CC1)c1cc(CNC2CC2)n(C2CC2)c1. The first-order valence-corrected chi connectivity index (χ1v) is 9.06. The number of nitrogens with one attached hydrogen (secondary N) is 2. The van der Waals surface area contributed by atoms with Crippen LogP contribution in [0.1, 0.15) is 50.3 Å². The lowest BCUT2D eigenvalue weighted by molar-refractivity contribution is 0.580. The van der Waals surface area contributed by atoms with E-state index < -0.39 is 10.0 Å². The fourth-order valence-corrected chi connectivity index (χ4v) is 3.86. The summed E-state index contributed by atoms with van der Waals surface area (Å²) in [6, 6.07) is 3.16. The number of hydrogen-bond donors (Lipinski definition) is 2. The van der Waals surface area contributed by atoms with Gasteiger partial charge in [-0.25, -0.2) is 13.1 Å². The zero-order valence-electron chi connectivity index (χ0n) is 11.5. The van der Waals surface area contributed by atoms with E-state index in [0.717, 1.165) is 25.1 Å². The van der Waals surface area contributed by atoms with Gasteiger partial charge in [0.2, 0.25) is 10.0 Å². The van der Waals surface area contributed by atoms with Crippen molar-refractivity contribution in [3.8, 4) is 0 Å². The fraction of sp³-hybridized carbons (Fsp3) is 0.714. The predicted octanol–water partition coefficient (Wildman–Crippen LogP) is 1.52. The molecule has 1 heterocycles. The quantitative estimate of drug-likeness (QED) is 0.801. The summed E-state index contributed by atoms with van der Waals surface area (Å²) in [5.41, 5.74) is 1.11. The molecule has 110 valence electrons. The third-order valence-corrected chi connectivity index (χ3v) is 5.69. The Bertz CT molecular complexity index is 610. The zero-order chi connectivity index (χ0) is 13.7. The maximum absolute atomic E-state index is 12.3. The summed E-state index contributed by atoms with van der Waals surface area (Å²) < 4.78 is 29.5. The topological polar surface area (TPSA) is 63.1 Å². The molecule has 0 radical (unpaired) electrons. The lowest BCUT2D eigenvalue weighted by Crippen LogP contribution is -2.25. The molecule has 0 unspecified atom stereocenters. The van der Waals surface area contributed by atoms with Crippen molar-refractivity contribution >= 4 is 10.0 Å². The second-order valence-electron chi connectivity index (χ2n) is 6.36. The van der Waals surface area contributed by atoms with E-state index in [2.05, 4.69) is 14.6 Å². The Balaban J connectivity index is 1.57. The largest absolute Gasteiger partial charge is 0.346 e. The molecule has 0 saturated heterocycles. The van der Waals surface area contributed by atoms with Crippen LogP contribution in [0.15, 0.2) is 17.2 Å². The lowest BCUT2D eigenvalue weighted by atomic mass is 10.4. The van der Waals surface area contributed by atoms with Crippen LogP contribution in [0.25, 0.3) is 0 Å². The number of aromatic nitrogens is 1. The molecule has 3 aliphatic carbocycles. The molecular weight excluding hydrogens is 274 g/mol. The van der Waals surface area contributed by atoms with Crippen molar-refractivity contribution in [1.29, 1.82) is 0 Å². The van der Waals surface area contributed by atoms with E-state index in [1.54, 1.807) is 0 Å². The number of nitrogens with zero attached hydrogens (tertiary/aromatic N) is 1. The first-order valence-electron chi connectivity index (χ1n) is 7.58. The van der Waals surface area contributed by atoms with Gasteiger partial charge in [-0.05, 0) is 44.6 Å². The molecule has 20 heavy (non-hydrogen) atoms.